The summed E-state index contributed by atoms with van der Waals surface area (Å²) in [5.41, 5.74) is 0.796. The van der Waals surface area contributed by atoms with Crippen LogP contribution in [0.4, 0.5) is 5.69 Å². The number of rotatable bonds is 1. The summed E-state index contributed by atoms with van der Waals surface area (Å²) in [6, 6.07) is 7.50. The molecule has 0 fully saturated rings. The Kier molecular flexibility index (Phi) is 2.52. The number of thioether (sulfide) groups is 1. The van der Waals surface area contributed by atoms with Gasteiger partial charge >= 0.3 is 5.91 Å². The SMILES string of the molecule is O=C(S)C(=O)N1CSc2ccccc21. The highest BCUT2D eigenvalue weighted by Crippen LogP contribution is 2.38. The third kappa shape index (κ3) is 1.53. The molecule has 72 valence electrons. The van der Waals surface area contributed by atoms with E-state index in [-0.39, 0.29) is 0 Å². The molecule has 0 saturated carbocycles. The Morgan fingerprint density at radius 1 is 1.36 bits per heavy atom. The Bertz CT molecular complexity index is 406. The van der Waals surface area contributed by atoms with Gasteiger partial charge in [0.25, 0.3) is 5.12 Å². The monoisotopic (exact) mass is 225 g/mol. The summed E-state index contributed by atoms with van der Waals surface area (Å²) >= 11 is 5.06. The van der Waals surface area contributed by atoms with Crippen molar-refractivity contribution in [3.05, 3.63) is 24.3 Å². The molecular formula is C9H7NO2S2. The van der Waals surface area contributed by atoms with Gasteiger partial charge in [0.15, 0.2) is 0 Å². The van der Waals surface area contributed by atoms with E-state index in [0.717, 1.165) is 10.6 Å². The Morgan fingerprint density at radius 3 is 2.79 bits per heavy atom. The van der Waals surface area contributed by atoms with E-state index < -0.39 is 11.0 Å². The molecule has 1 aromatic rings. The molecule has 0 radical (unpaired) electrons. The number of nitrogens with zero attached hydrogens (tertiary/aromatic N) is 1. The number of carbonyl (C=O) groups is 2. The number of anilines is 1. The van der Waals surface area contributed by atoms with Crippen LogP contribution in [0.15, 0.2) is 29.2 Å². The van der Waals surface area contributed by atoms with E-state index in [9.17, 15) is 9.59 Å². The molecule has 1 aromatic carbocycles. The van der Waals surface area contributed by atoms with E-state index >= 15 is 0 Å². The minimum Gasteiger partial charge on any atom is -0.294 e. The second-order valence-electron chi connectivity index (χ2n) is 2.78. The molecule has 0 aromatic heterocycles. The van der Waals surface area contributed by atoms with Crippen molar-refractivity contribution in [1.29, 1.82) is 0 Å². The Morgan fingerprint density at radius 2 is 2.07 bits per heavy atom. The molecular weight excluding hydrogens is 218 g/mol. The fourth-order valence-corrected chi connectivity index (χ4v) is 2.44. The Hall–Kier alpha value is -0.940. The zero-order chi connectivity index (χ0) is 10.1. The summed E-state index contributed by atoms with van der Waals surface area (Å²) in [5.74, 6) is -0.0735. The van der Waals surface area contributed by atoms with Gasteiger partial charge in [0.05, 0.1) is 11.6 Å². The van der Waals surface area contributed by atoms with Crippen LogP contribution in [-0.4, -0.2) is 16.9 Å². The lowest BCUT2D eigenvalue weighted by molar-refractivity contribution is -0.131. The van der Waals surface area contributed by atoms with Crippen molar-refractivity contribution in [2.75, 3.05) is 10.8 Å². The molecule has 0 saturated heterocycles. The molecule has 1 heterocycles. The minimum absolute atomic E-state index is 0.491. The predicted molar refractivity (Wildman–Crippen MR) is 58.6 cm³/mol. The highest BCUT2D eigenvalue weighted by atomic mass is 32.2. The van der Waals surface area contributed by atoms with E-state index in [4.69, 9.17) is 0 Å². The van der Waals surface area contributed by atoms with Crippen molar-refractivity contribution < 1.29 is 9.59 Å². The predicted octanol–water partition coefficient (Wildman–Crippen LogP) is 1.54. The quantitative estimate of drug-likeness (QED) is 0.582. The smallest absolute Gasteiger partial charge is 0.294 e. The van der Waals surface area contributed by atoms with E-state index in [1.54, 1.807) is 11.8 Å². The van der Waals surface area contributed by atoms with Gasteiger partial charge in [-0.1, -0.05) is 24.8 Å². The molecule has 0 atom stereocenters. The fourth-order valence-electron chi connectivity index (χ4n) is 1.29. The third-order valence-electron chi connectivity index (χ3n) is 1.93. The lowest BCUT2D eigenvalue weighted by Gasteiger charge is -2.13. The van der Waals surface area contributed by atoms with Crippen LogP contribution in [-0.2, 0) is 9.59 Å². The normalized spacial score (nSPS) is 13.9. The number of benzene rings is 1. The molecule has 1 amide bonds. The van der Waals surface area contributed by atoms with Gasteiger partial charge in [-0.15, -0.1) is 11.8 Å². The van der Waals surface area contributed by atoms with Gasteiger partial charge in [-0.05, 0) is 12.1 Å². The van der Waals surface area contributed by atoms with Gasteiger partial charge in [0.1, 0.15) is 0 Å². The van der Waals surface area contributed by atoms with Crippen molar-refractivity contribution >= 4 is 41.1 Å². The number of carbonyl (C=O) groups excluding carboxylic acids is 2. The van der Waals surface area contributed by atoms with Gasteiger partial charge in [-0.25, -0.2) is 0 Å². The fraction of sp³-hybridized carbons (Fsp3) is 0.111. The second kappa shape index (κ2) is 3.67. The van der Waals surface area contributed by atoms with Gasteiger partial charge in [0.2, 0.25) is 0 Å². The molecule has 3 nitrogen and oxygen atoms in total. The maximum Gasteiger partial charge on any atom is 0.306 e. The summed E-state index contributed by atoms with van der Waals surface area (Å²) in [6.07, 6.45) is 0. The first-order valence-corrected chi connectivity index (χ1v) is 5.40. The number of fused-ring (bicyclic) bond motifs is 1. The summed E-state index contributed by atoms with van der Waals surface area (Å²) in [4.78, 5) is 24.7. The molecule has 2 rings (SSSR count). The molecule has 1 aliphatic rings. The average Bonchev–Trinajstić information content (AvgIpc) is 2.60. The Balaban J connectivity index is 2.35. The molecule has 0 aliphatic carbocycles. The largest absolute Gasteiger partial charge is 0.306 e. The van der Waals surface area contributed by atoms with E-state index in [1.165, 1.54) is 4.90 Å². The van der Waals surface area contributed by atoms with Crippen LogP contribution in [0, 0.1) is 0 Å². The highest BCUT2D eigenvalue weighted by molar-refractivity contribution is 8.00. The summed E-state index contributed by atoms with van der Waals surface area (Å²) < 4.78 is 0. The van der Waals surface area contributed by atoms with Crippen molar-refractivity contribution in [3.63, 3.8) is 0 Å². The third-order valence-corrected chi connectivity index (χ3v) is 3.17. The van der Waals surface area contributed by atoms with Gasteiger partial charge in [-0.3, -0.25) is 14.5 Å². The van der Waals surface area contributed by atoms with Crippen molar-refractivity contribution in [1.82, 2.24) is 0 Å². The molecule has 0 spiro atoms. The molecule has 0 bridgehead atoms. The minimum atomic E-state index is -0.720. The van der Waals surface area contributed by atoms with Crippen molar-refractivity contribution in [3.8, 4) is 0 Å². The maximum absolute atomic E-state index is 11.4. The number of amides is 1. The highest BCUT2D eigenvalue weighted by Gasteiger charge is 2.27. The van der Waals surface area contributed by atoms with E-state index in [1.807, 2.05) is 24.3 Å². The topological polar surface area (TPSA) is 37.4 Å². The number of thiol groups is 1. The first kappa shape index (κ1) is 9.61. The number of hydrogen-bond donors (Lipinski definition) is 1. The molecule has 5 heteroatoms. The molecule has 0 unspecified atom stereocenters. The summed E-state index contributed by atoms with van der Waals surface area (Å²) in [7, 11) is 0. The number of hydrogen-bond acceptors (Lipinski definition) is 3. The van der Waals surface area contributed by atoms with Crippen LogP contribution in [0.1, 0.15) is 0 Å². The first-order valence-electron chi connectivity index (χ1n) is 3.97. The lowest BCUT2D eigenvalue weighted by atomic mass is 10.3. The van der Waals surface area contributed by atoms with Gasteiger partial charge in [-0.2, -0.15) is 0 Å². The second-order valence-corrected chi connectivity index (χ2v) is 4.17. The van der Waals surface area contributed by atoms with Crippen molar-refractivity contribution in [2.24, 2.45) is 0 Å². The van der Waals surface area contributed by atoms with Crippen LogP contribution in [0.2, 0.25) is 0 Å². The van der Waals surface area contributed by atoms with Gasteiger partial charge in [0, 0.05) is 4.90 Å². The Labute approximate surface area is 90.9 Å². The first-order chi connectivity index (χ1) is 6.70. The van der Waals surface area contributed by atoms with Crippen LogP contribution in [0.5, 0.6) is 0 Å². The lowest BCUT2D eigenvalue weighted by Crippen LogP contribution is -2.31. The van der Waals surface area contributed by atoms with Crippen molar-refractivity contribution in [2.45, 2.75) is 4.90 Å². The van der Waals surface area contributed by atoms with Gasteiger partial charge < -0.3 is 0 Å². The van der Waals surface area contributed by atoms with E-state index in [2.05, 4.69) is 12.6 Å². The van der Waals surface area contributed by atoms with E-state index in [0.29, 0.717) is 5.88 Å². The molecule has 1 aliphatic heterocycles. The van der Waals surface area contributed by atoms with Crippen LogP contribution >= 0.6 is 24.4 Å². The summed E-state index contributed by atoms with van der Waals surface area (Å²) in [5, 5.41) is -0.720. The number of para-hydroxylation sites is 1. The maximum atomic E-state index is 11.4. The zero-order valence-corrected chi connectivity index (χ0v) is 8.85. The van der Waals surface area contributed by atoms with Crippen LogP contribution in [0.3, 0.4) is 0 Å². The molecule has 14 heavy (non-hydrogen) atoms. The van der Waals surface area contributed by atoms with Crippen LogP contribution in [0.25, 0.3) is 0 Å². The summed E-state index contributed by atoms with van der Waals surface area (Å²) in [6.45, 7) is 0. The standard InChI is InChI=1S/C9H7NO2S2/c11-8(9(12)13)10-5-14-7-4-2-1-3-6(7)10/h1-4H,5H2,(H,12,13). The molecule has 0 N–H and O–H groups in total. The van der Waals surface area contributed by atoms with Crippen LogP contribution < -0.4 is 4.90 Å². The zero-order valence-electron chi connectivity index (χ0n) is 7.14. The average molecular weight is 225 g/mol.